The third kappa shape index (κ3) is 1130. The second kappa shape index (κ2) is 1.30. The first-order chi connectivity index (χ1) is 2.64. The number of nitrogens with zero attached hydrogens (tertiary/aromatic N) is 1. The summed E-state index contributed by atoms with van der Waals surface area (Å²) in [6.45, 7) is -0.815. The molecule has 0 aliphatic heterocycles. The Hall–Kier alpha value is -0.0400. The predicted molar refractivity (Wildman–Crippen MR) is 19.6 cm³/mol. The van der Waals surface area contributed by atoms with Crippen LogP contribution in [-0.2, 0) is 0 Å². The zero-order chi connectivity index (χ0) is 5.15. The van der Waals surface area contributed by atoms with Gasteiger partial charge in [-0.15, -0.1) is 0 Å². The van der Waals surface area contributed by atoms with Crippen LogP contribution in [0.2, 0.25) is 0 Å². The second-order valence-corrected chi connectivity index (χ2v) is 0.964. The lowest BCUT2D eigenvalue weighted by Crippen LogP contribution is -1.99. The van der Waals surface area contributed by atoms with Gasteiger partial charge in [-0.3, -0.25) is 0 Å². The molecule has 0 radical (unpaired) electrons. The summed E-state index contributed by atoms with van der Waals surface area (Å²) in [5.41, 5.74) is 0. The van der Waals surface area contributed by atoms with Gasteiger partial charge in [0, 0.05) is 2.74 Å². The SMILES string of the molecule is [3H]C([3H])N(C)C. The fourth-order valence-electron chi connectivity index (χ4n) is 0. The fourth-order valence-corrected chi connectivity index (χ4v) is 0. The summed E-state index contributed by atoms with van der Waals surface area (Å²) in [4.78, 5) is 1.50. The minimum absolute atomic E-state index is 0.815. The van der Waals surface area contributed by atoms with E-state index in [4.69, 9.17) is 2.74 Å². The summed E-state index contributed by atoms with van der Waals surface area (Å²) in [5, 5.41) is 0. The molecular weight excluding hydrogens is 50.0 g/mol. The maximum atomic E-state index is 6.62. The molecule has 0 saturated heterocycles. The third-order valence-corrected chi connectivity index (χ3v) is 0. The molecule has 0 unspecified atom stereocenters. The Labute approximate surface area is 30.0 Å². The molecule has 1 heteroatoms. The van der Waals surface area contributed by atoms with Crippen molar-refractivity contribution < 1.29 is 2.74 Å². The van der Waals surface area contributed by atoms with Gasteiger partial charge in [0.25, 0.3) is 0 Å². The quantitative estimate of drug-likeness (QED) is 0.387. The van der Waals surface area contributed by atoms with E-state index in [1.54, 1.807) is 14.1 Å². The van der Waals surface area contributed by atoms with Gasteiger partial charge in [0.05, 0.1) is 0 Å². The molecule has 0 atom stereocenters. The van der Waals surface area contributed by atoms with Crippen molar-refractivity contribution in [3.8, 4) is 0 Å². The zero-order valence-electron chi connectivity index (χ0n) is 5.02. The van der Waals surface area contributed by atoms with Crippen LogP contribution in [0.1, 0.15) is 2.74 Å². The number of hydrogen-bond acceptors (Lipinski definition) is 1. The second-order valence-electron chi connectivity index (χ2n) is 0.964. The van der Waals surface area contributed by atoms with Crippen molar-refractivity contribution in [2.24, 2.45) is 0 Å². The van der Waals surface area contributed by atoms with E-state index in [9.17, 15) is 0 Å². The molecule has 0 heterocycles. The zero-order valence-corrected chi connectivity index (χ0v) is 3.02. The highest BCUT2D eigenvalue weighted by Crippen LogP contribution is 1.47. The van der Waals surface area contributed by atoms with E-state index in [2.05, 4.69) is 0 Å². The van der Waals surface area contributed by atoms with Crippen molar-refractivity contribution >= 4 is 0 Å². The Balaban J connectivity index is 2.99. The van der Waals surface area contributed by atoms with E-state index < -0.39 is 7.00 Å². The normalized spacial score (nSPS) is 17.0. The first kappa shape index (κ1) is 1.41. The Kier molecular flexibility index (Phi) is 0.458. The molecule has 0 fully saturated rings. The van der Waals surface area contributed by atoms with Gasteiger partial charge in [0.1, 0.15) is 0 Å². The van der Waals surface area contributed by atoms with Crippen LogP contribution in [0.4, 0.5) is 0 Å². The highest BCUT2D eigenvalue weighted by molar-refractivity contribution is 4.09. The topological polar surface area (TPSA) is 3.24 Å². The highest BCUT2D eigenvalue weighted by Gasteiger charge is 1.58. The Morgan fingerprint density at radius 1 is 1.75 bits per heavy atom. The lowest BCUT2D eigenvalue weighted by atomic mass is 11.0. The Bertz CT molecular complexity index is 29.8. The van der Waals surface area contributed by atoms with Crippen molar-refractivity contribution in [1.82, 2.24) is 4.90 Å². The Morgan fingerprint density at radius 3 is 2.00 bits per heavy atom. The molecule has 0 aromatic carbocycles. The van der Waals surface area contributed by atoms with Crippen LogP contribution in [0.5, 0.6) is 0 Å². The summed E-state index contributed by atoms with van der Waals surface area (Å²) >= 11 is 0. The summed E-state index contributed by atoms with van der Waals surface area (Å²) in [5.74, 6) is 0. The lowest BCUT2D eigenvalue weighted by molar-refractivity contribution is 0.505. The largest absolute Gasteiger partial charge is 0.312 e. The van der Waals surface area contributed by atoms with Crippen LogP contribution < -0.4 is 0 Å². The molecule has 0 N–H and O–H groups in total. The van der Waals surface area contributed by atoms with E-state index in [0.717, 1.165) is 0 Å². The number of rotatable bonds is 0. The average molecular weight is 63.1 g/mol. The van der Waals surface area contributed by atoms with E-state index in [1.807, 2.05) is 0 Å². The standard InChI is InChI=1S/C3H9N/c1-4(2)3/h1-3H3/i1T2. The van der Waals surface area contributed by atoms with Crippen LogP contribution in [0.25, 0.3) is 0 Å². The smallest absolute Gasteiger partial charge is 0.0394 e. The molecule has 0 amide bonds. The van der Waals surface area contributed by atoms with Crippen molar-refractivity contribution in [3.05, 3.63) is 0 Å². The van der Waals surface area contributed by atoms with Gasteiger partial charge < -0.3 is 4.90 Å². The molecular formula is C3H9N. The maximum Gasteiger partial charge on any atom is 0.0394 e. The molecule has 0 aromatic heterocycles. The molecule has 0 aromatic rings. The van der Waals surface area contributed by atoms with Crippen molar-refractivity contribution in [2.75, 3.05) is 21.1 Å². The van der Waals surface area contributed by atoms with Crippen LogP contribution >= 0.6 is 0 Å². The average Bonchev–Trinajstić information content (AvgIpc) is 1.36. The van der Waals surface area contributed by atoms with E-state index in [0.29, 0.717) is 0 Å². The van der Waals surface area contributed by atoms with Gasteiger partial charge >= 0.3 is 0 Å². The van der Waals surface area contributed by atoms with Crippen molar-refractivity contribution in [1.29, 1.82) is 0 Å². The molecule has 0 saturated carbocycles. The van der Waals surface area contributed by atoms with Crippen LogP contribution in [0.3, 0.4) is 0 Å². The summed E-state index contributed by atoms with van der Waals surface area (Å²) in [7, 11) is 3.40. The first-order valence-electron chi connectivity index (χ1n) is 2.31. The molecule has 0 aliphatic carbocycles. The minimum atomic E-state index is -0.815. The molecule has 0 spiro atoms. The van der Waals surface area contributed by atoms with Crippen LogP contribution in [-0.4, -0.2) is 26.0 Å². The van der Waals surface area contributed by atoms with E-state index in [-0.39, 0.29) is 0 Å². The highest BCUT2D eigenvalue weighted by atomic mass is 15.0. The lowest BCUT2D eigenvalue weighted by Gasteiger charge is -1.90. The van der Waals surface area contributed by atoms with Gasteiger partial charge in [0.2, 0.25) is 0 Å². The summed E-state index contributed by atoms with van der Waals surface area (Å²) < 4.78 is 13.2. The van der Waals surface area contributed by atoms with Gasteiger partial charge in [-0.05, 0) is 21.1 Å². The molecule has 1 nitrogen and oxygen atoms in total. The van der Waals surface area contributed by atoms with Crippen LogP contribution in [0, 0.1) is 0 Å². The summed E-state index contributed by atoms with van der Waals surface area (Å²) in [6, 6.07) is 0. The molecule has 0 bridgehead atoms. The predicted octanol–water partition coefficient (Wildman–Crippen LogP) is 0.178. The van der Waals surface area contributed by atoms with Crippen molar-refractivity contribution in [3.63, 3.8) is 0 Å². The molecule has 26 valence electrons. The molecule has 0 rings (SSSR count). The van der Waals surface area contributed by atoms with Crippen LogP contribution in [0.15, 0.2) is 0 Å². The van der Waals surface area contributed by atoms with Gasteiger partial charge in [-0.1, -0.05) is 0 Å². The number of hydrogen-bond donors (Lipinski definition) is 0. The van der Waals surface area contributed by atoms with Gasteiger partial charge in [-0.25, -0.2) is 0 Å². The van der Waals surface area contributed by atoms with E-state index in [1.165, 1.54) is 4.90 Å². The monoisotopic (exact) mass is 63.1 g/mol. The van der Waals surface area contributed by atoms with E-state index >= 15 is 0 Å². The molecule has 0 aliphatic rings. The first-order valence-corrected chi connectivity index (χ1v) is 1.15. The minimum Gasteiger partial charge on any atom is -0.312 e. The summed E-state index contributed by atoms with van der Waals surface area (Å²) in [6.07, 6.45) is 0. The molecule has 4 heavy (non-hydrogen) atoms. The third-order valence-electron chi connectivity index (χ3n) is 0. The maximum absolute atomic E-state index is 6.62. The fraction of sp³-hybridized carbons (Fsp3) is 1.00. The van der Waals surface area contributed by atoms with Crippen molar-refractivity contribution in [2.45, 2.75) is 0 Å². The van der Waals surface area contributed by atoms with Gasteiger partial charge in [-0.2, -0.15) is 0 Å². The van der Waals surface area contributed by atoms with Gasteiger partial charge in [0.15, 0.2) is 0 Å². The Morgan fingerprint density at radius 2 is 2.00 bits per heavy atom.